The van der Waals surface area contributed by atoms with Crippen molar-refractivity contribution in [2.24, 2.45) is 0 Å². The Hall–Kier alpha value is -2.90. The summed E-state index contributed by atoms with van der Waals surface area (Å²) in [6, 6.07) is 7.01. The zero-order chi connectivity index (χ0) is 21.0. The molecule has 5 amide bonds. The SMILES string of the molecule is CCc1ccccc1NC(=O)CNC(=O)CN1C(=O)N(C)C2(CCCCC2)C1=O. The number of urea groups is 1. The molecule has 1 aromatic carbocycles. The Bertz CT molecular complexity index is 817. The number of anilines is 1. The molecule has 1 aromatic rings. The van der Waals surface area contributed by atoms with Gasteiger partial charge in [-0.05, 0) is 30.9 Å². The highest BCUT2D eigenvalue weighted by atomic mass is 16.2. The summed E-state index contributed by atoms with van der Waals surface area (Å²) < 4.78 is 0. The predicted octanol–water partition coefficient (Wildman–Crippen LogP) is 1.90. The number of amides is 5. The van der Waals surface area contributed by atoms with Crippen molar-refractivity contribution in [3.8, 4) is 0 Å². The van der Waals surface area contributed by atoms with Crippen molar-refractivity contribution < 1.29 is 19.2 Å². The Labute approximate surface area is 170 Å². The van der Waals surface area contributed by atoms with E-state index in [1.165, 1.54) is 4.90 Å². The van der Waals surface area contributed by atoms with Crippen LogP contribution in [0.25, 0.3) is 0 Å². The highest BCUT2D eigenvalue weighted by Crippen LogP contribution is 2.39. The van der Waals surface area contributed by atoms with Crippen LogP contribution in [0.15, 0.2) is 24.3 Å². The number of aryl methyl sites for hydroxylation is 1. The van der Waals surface area contributed by atoms with Crippen molar-refractivity contribution in [1.82, 2.24) is 15.1 Å². The Morgan fingerprint density at radius 3 is 2.45 bits per heavy atom. The molecule has 0 aromatic heterocycles. The predicted molar refractivity (Wildman–Crippen MR) is 108 cm³/mol. The second-order valence-corrected chi connectivity index (χ2v) is 7.66. The minimum atomic E-state index is -0.809. The number of hydrogen-bond acceptors (Lipinski definition) is 4. The molecule has 2 aliphatic rings. The van der Waals surface area contributed by atoms with Crippen LogP contribution in [-0.2, 0) is 20.8 Å². The highest BCUT2D eigenvalue weighted by molar-refractivity contribution is 6.09. The lowest BCUT2D eigenvalue weighted by Gasteiger charge is -2.35. The lowest BCUT2D eigenvalue weighted by molar-refractivity contribution is -0.137. The summed E-state index contributed by atoms with van der Waals surface area (Å²) in [4.78, 5) is 52.4. The fourth-order valence-electron chi connectivity index (χ4n) is 4.19. The minimum absolute atomic E-state index is 0.228. The van der Waals surface area contributed by atoms with Gasteiger partial charge in [-0.15, -0.1) is 0 Å². The first-order valence-corrected chi connectivity index (χ1v) is 10.1. The molecule has 1 aliphatic heterocycles. The lowest BCUT2D eigenvalue weighted by atomic mass is 9.81. The normalized spacial score (nSPS) is 18.3. The Morgan fingerprint density at radius 2 is 1.76 bits per heavy atom. The summed E-state index contributed by atoms with van der Waals surface area (Å²) in [6.45, 7) is 1.39. The summed E-state index contributed by atoms with van der Waals surface area (Å²) in [5.41, 5.74) is 0.901. The van der Waals surface area contributed by atoms with E-state index in [-0.39, 0.29) is 24.9 Å². The fourth-order valence-corrected chi connectivity index (χ4v) is 4.19. The third kappa shape index (κ3) is 4.11. The van der Waals surface area contributed by atoms with Crippen LogP contribution in [0.1, 0.15) is 44.6 Å². The lowest BCUT2D eigenvalue weighted by Crippen LogP contribution is -2.49. The second-order valence-electron chi connectivity index (χ2n) is 7.66. The van der Waals surface area contributed by atoms with Gasteiger partial charge in [-0.25, -0.2) is 4.79 Å². The average Bonchev–Trinajstić information content (AvgIpc) is 2.89. The molecule has 1 spiro atoms. The van der Waals surface area contributed by atoms with E-state index in [2.05, 4.69) is 10.6 Å². The van der Waals surface area contributed by atoms with Crippen molar-refractivity contribution in [2.45, 2.75) is 51.0 Å². The van der Waals surface area contributed by atoms with E-state index >= 15 is 0 Å². The third-order valence-electron chi connectivity index (χ3n) is 5.90. The van der Waals surface area contributed by atoms with Gasteiger partial charge in [-0.3, -0.25) is 19.3 Å². The van der Waals surface area contributed by atoms with Gasteiger partial charge in [0, 0.05) is 12.7 Å². The molecule has 156 valence electrons. The zero-order valence-corrected chi connectivity index (χ0v) is 17.0. The van der Waals surface area contributed by atoms with Gasteiger partial charge < -0.3 is 15.5 Å². The second kappa shape index (κ2) is 8.63. The van der Waals surface area contributed by atoms with Crippen molar-refractivity contribution in [1.29, 1.82) is 0 Å². The van der Waals surface area contributed by atoms with Crippen LogP contribution in [0.4, 0.5) is 10.5 Å². The quantitative estimate of drug-likeness (QED) is 0.713. The smallest absolute Gasteiger partial charge is 0.327 e. The first-order valence-electron chi connectivity index (χ1n) is 10.1. The zero-order valence-electron chi connectivity index (χ0n) is 17.0. The molecule has 2 N–H and O–H groups in total. The molecule has 0 unspecified atom stereocenters. The number of nitrogens with zero attached hydrogens (tertiary/aromatic N) is 2. The molecular weight excluding hydrogens is 372 g/mol. The molecule has 0 bridgehead atoms. The molecule has 1 saturated carbocycles. The molecule has 8 nitrogen and oxygen atoms in total. The van der Waals surface area contributed by atoms with Crippen LogP contribution in [-0.4, -0.2) is 59.2 Å². The first kappa shape index (κ1) is 20.8. The molecule has 1 aliphatic carbocycles. The van der Waals surface area contributed by atoms with Crippen molar-refractivity contribution in [3.05, 3.63) is 29.8 Å². The molecular formula is C21H28N4O4. The van der Waals surface area contributed by atoms with E-state index in [4.69, 9.17) is 0 Å². The van der Waals surface area contributed by atoms with Crippen LogP contribution >= 0.6 is 0 Å². The van der Waals surface area contributed by atoms with Crippen LogP contribution in [0.3, 0.4) is 0 Å². The number of hydrogen-bond donors (Lipinski definition) is 2. The Balaban J connectivity index is 1.54. The summed E-state index contributed by atoms with van der Waals surface area (Å²) in [7, 11) is 1.63. The van der Waals surface area contributed by atoms with Gasteiger partial charge >= 0.3 is 6.03 Å². The van der Waals surface area contributed by atoms with Crippen molar-refractivity contribution in [2.75, 3.05) is 25.5 Å². The first-order chi connectivity index (χ1) is 13.9. The van der Waals surface area contributed by atoms with Crippen molar-refractivity contribution >= 4 is 29.4 Å². The summed E-state index contributed by atoms with van der Waals surface area (Å²) >= 11 is 0. The molecule has 3 rings (SSSR count). The highest BCUT2D eigenvalue weighted by Gasteiger charge is 2.55. The molecule has 0 radical (unpaired) electrons. The number of likely N-dealkylation sites (N-methyl/N-ethyl adjacent to an activating group) is 1. The van der Waals surface area contributed by atoms with Gasteiger partial charge in [0.1, 0.15) is 12.1 Å². The van der Waals surface area contributed by atoms with Crippen molar-refractivity contribution in [3.63, 3.8) is 0 Å². The summed E-state index contributed by atoms with van der Waals surface area (Å²) in [6.07, 6.45) is 4.87. The maximum atomic E-state index is 12.9. The fraction of sp³-hybridized carbons (Fsp3) is 0.524. The number of rotatable bonds is 6. The largest absolute Gasteiger partial charge is 0.345 e. The minimum Gasteiger partial charge on any atom is -0.345 e. The van der Waals surface area contributed by atoms with E-state index in [9.17, 15) is 19.2 Å². The van der Waals surface area contributed by atoms with Gasteiger partial charge in [-0.1, -0.05) is 44.4 Å². The number of benzene rings is 1. The number of nitrogens with one attached hydrogen (secondary N) is 2. The maximum absolute atomic E-state index is 12.9. The van der Waals surface area contributed by atoms with E-state index in [1.54, 1.807) is 13.1 Å². The Morgan fingerprint density at radius 1 is 1.07 bits per heavy atom. The maximum Gasteiger partial charge on any atom is 0.327 e. The molecule has 0 atom stereocenters. The summed E-state index contributed by atoms with van der Waals surface area (Å²) in [5, 5.41) is 5.27. The molecule has 8 heteroatoms. The summed E-state index contributed by atoms with van der Waals surface area (Å²) in [5.74, 6) is -1.20. The molecule has 2 fully saturated rings. The molecule has 29 heavy (non-hydrogen) atoms. The number of imide groups is 1. The molecule has 1 heterocycles. The standard InChI is InChI=1S/C21H28N4O4/c1-3-15-9-5-6-10-16(15)23-17(26)13-22-18(27)14-25-19(28)21(24(2)20(25)29)11-7-4-8-12-21/h5-6,9-10H,3-4,7-8,11-14H2,1-2H3,(H,22,27)(H,23,26). The van der Waals surface area contributed by atoms with Crippen LogP contribution < -0.4 is 10.6 Å². The van der Waals surface area contributed by atoms with Gasteiger partial charge in [0.25, 0.3) is 5.91 Å². The number of carbonyl (C=O) groups is 4. The topological polar surface area (TPSA) is 98.8 Å². The van der Waals surface area contributed by atoms with Gasteiger partial charge in [0.2, 0.25) is 11.8 Å². The van der Waals surface area contributed by atoms with E-state index in [0.29, 0.717) is 18.5 Å². The third-order valence-corrected chi connectivity index (χ3v) is 5.90. The van der Waals surface area contributed by atoms with Gasteiger partial charge in [0.15, 0.2) is 0 Å². The van der Waals surface area contributed by atoms with Crippen LogP contribution in [0.2, 0.25) is 0 Å². The van der Waals surface area contributed by atoms with Gasteiger partial charge in [-0.2, -0.15) is 0 Å². The van der Waals surface area contributed by atoms with Gasteiger partial charge in [0.05, 0.1) is 6.54 Å². The monoisotopic (exact) mass is 400 g/mol. The number of carbonyl (C=O) groups excluding carboxylic acids is 4. The van der Waals surface area contributed by atoms with E-state index in [1.807, 2.05) is 25.1 Å². The average molecular weight is 400 g/mol. The van der Waals surface area contributed by atoms with Crippen LogP contribution in [0.5, 0.6) is 0 Å². The number of para-hydroxylation sites is 1. The van der Waals surface area contributed by atoms with E-state index in [0.717, 1.165) is 36.1 Å². The Kier molecular flexibility index (Phi) is 6.20. The molecule has 1 saturated heterocycles. The van der Waals surface area contributed by atoms with E-state index < -0.39 is 17.5 Å². The van der Waals surface area contributed by atoms with Crippen LogP contribution in [0, 0.1) is 0 Å².